The summed E-state index contributed by atoms with van der Waals surface area (Å²) in [6.45, 7) is 2.09. The van der Waals surface area contributed by atoms with Gasteiger partial charge >= 0.3 is 5.97 Å². The number of H-pyrrole nitrogens is 1. The van der Waals surface area contributed by atoms with Crippen molar-refractivity contribution in [1.82, 2.24) is 4.98 Å². The van der Waals surface area contributed by atoms with Crippen LogP contribution in [0.2, 0.25) is 0 Å². The van der Waals surface area contributed by atoms with Crippen LogP contribution < -0.4 is 15.7 Å². The minimum absolute atomic E-state index is 0.255. The summed E-state index contributed by atoms with van der Waals surface area (Å²) in [6.07, 6.45) is 0. The largest absolute Gasteiger partial charge is 0.462 e. The molecular weight excluding hydrogens is 326 g/mol. The summed E-state index contributed by atoms with van der Waals surface area (Å²) in [5, 5.41) is 4.15. The number of para-hydroxylation sites is 1. The second-order valence-electron chi connectivity index (χ2n) is 4.88. The second-order valence-corrected chi connectivity index (χ2v) is 5.91. The molecule has 1 aromatic heterocycles. The Labute approximate surface area is 141 Å². The molecule has 3 aromatic rings. The molecular formula is C17H15N3O3S. The maximum atomic E-state index is 12.0. The van der Waals surface area contributed by atoms with E-state index >= 15 is 0 Å². The molecule has 0 bridgehead atoms. The molecule has 3 rings (SSSR count). The normalized spacial score (nSPS) is 11.5. The number of rotatable bonds is 4. The quantitative estimate of drug-likeness (QED) is 0.564. The van der Waals surface area contributed by atoms with Gasteiger partial charge in [-0.1, -0.05) is 12.1 Å². The van der Waals surface area contributed by atoms with E-state index in [9.17, 15) is 9.59 Å². The highest BCUT2D eigenvalue weighted by Gasteiger charge is 2.05. The van der Waals surface area contributed by atoms with Crippen molar-refractivity contribution in [1.29, 1.82) is 0 Å². The van der Waals surface area contributed by atoms with Crippen LogP contribution in [0.15, 0.2) is 58.4 Å². The van der Waals surface area contributed by atoms with E-state index in [-0.39, 0.29) is 11.5 Å². The third-order valence-electron chi connectivity index (χ3n) is 3.22. The lowest BCUT2D eigenvalue weighted by Gasteiger charge is -2.03. The number of esters is 1. The van der Waals surface area contributed by atoms with Crippen LogP contribution in [0.5, 0.6) is 0 Å². The minimum atomic E-state index is -0.366. The van der Waals surface area contributed by atoms with Gasteiger partial charge in [0.25, 0.3) is 5.56 Å². The van der Waals surface area contributed by atoms with Crippen molar-refractivity contribution in [3.63, 3.8) is 0 Å². The van der Waals surface area contributed by atoms with Crippen LogP contribution in [0.1, 0.15) is 17.3 Å². The average Bonchev–Trinajstić information content (AvgIpc) is 2.60. The Morgan fingerprint density at radius 3 is 2.71 bits per heavy atom. The Morgan fingerprint density at radius 1 is 1.21 bits per heavy atom. The smallest absolute Gasteiger partial charge is 0.338 e. The average molecular weight is 341 g/mol. The maximum Gasteiger partial charge on any atom is 0.338 e. The standard InChI is InChI=1S/C17H15N3O3S/c1-2-23-17(22)11-7-9-12(10-8-11)19-20-16-15(21)18-13-5-3-4-6-14(13)24-16/h3-10,19H,2H2,1H3,(H,18,21)/b20-16-. The number of ether oxygens (including phenoxy) is 1. The summed E-state index contributed by atoms with van der Waals surface area (Å²) in [5.41, 5.74) is 4.49. The van der Waals surface area contributed by atoms with E-state index in [2.05, 4.69) is 15.5 Å². The SMILES string of the molecule is CCOC(=O)c1ccc(N/N=c2\sc3ccccc3[nH]c2=O)cc1. The Morgan fingerprint density at radius 2 is 1.96 bits per heavy atom. The van der Waals surface area contributed by atoms with Crippen molar-refractivity contribution in [2.24, 2.45) is 5.10 Å². The molecule has 2 aromatic carbocycles. The number of carbonyl (C=O) groups is 1. The lowest BCUT2D eigenvalue weighted by molar-refractivity contribution is 0.0526. The number of aromatic amines is 1. The zero-order valence-electron chi connectivity index (χ0n) is 12.9. The van der Waals surface area contributed by atoms with Crippen LogP contribution in [0.25, 0.3) is 10.2 Å². The van der Waals surface area contributed by atoms with E-state index in [1.165, 1.54) is 11.3 Å². The first kappa shape index (κ1) is 15.9. The fourth-order valence-electron chi connectivity index (χ4n) is 2.07. The van der Waals surface area contributed by atoms with Crippen molar-refractivity contribution in [3.8, 4) is 0 Å². The first-order valence-corrected chi connectivity index (χ1v) is 8.18. The number of nitrogens with zero attached hydrogens (tertiary/aromatic N) is 1. The van der Waals surface area contributed by atoms with Gasteiger partial charge in [0.1, 0.15) is 0 Å². The topological polar surface area (TPSA) is 83.5 Å². The van der Waals surface area contributed by atoms with Gasteiger partial charge in [-0.15, -0.1) is 11.3 Å². The molecule has 0 aliphatic heterocycles. The molecule has 0 fully saturated rings. The van der Waals surface area contributed by atoms with Gasteiger partial charge in [0.15, 0.2) is 0 Å². The number of hydrogen-bond acceptors (Lipinski definition) is 6. The molecule has 0 radical (unpaired) electrons. The van der Waals surface area contributed by atoms with Crippen LogP contribution in [-0.4, -0.2) is 17.6 Å². The number of benzene rings is 2. The summed E-state index contributed by atoms with van der Waals surface area (Å²) in [6, 6.07) is 14.2. The highest BCUT2D eigenvalue weighted by Crippen LogP contribution is 2.12. The van der Waals surface area contributed by atoms with Gasteiger partial charge in [0, 0.05) is 0 Å². The molecule has 24 heavy (non-hydrogen) atoms. The van der Waals surface area contributed by atoms with Crippen LogP contribution in [0.3, 0.4) is 0 Å². The Balaban J connectivity index is 1.84. The van der Waals surface area contributed by atoms with Crippen LogP contribution in [0, 0.1) is 0 Å². The van der Waals surface area contributed by atoms with Crippen molar-refractivity contribution >= 4 is 33.2 Å². The van der Waals surface area contributed by atoms with Gasteiger partial charge in [-0.25, -0.2) is 4.79 Å². The van der Waals surface area contributed by atoms with E-state index < -0.39 is 0 Å². The lowest BCUT2D eigenvalue weighted by atomic mass is 10.2. The van der Waals surface area contributed by atoms with Crippen molar-refractivity contribution in [2.45, 2.75) is 6.92 Å². The molecule has 0 spiro atoms. The molecule has 2 N–H and O–H groups in total. The van der Waals surface area contributed by atoms with Crippen LogP contribution in [0.4, 0.5) is 5.69 Å². The zero-order valence-corrected chi connectivity index (χ0v) is 13.7. The summed E-state index contributed by atoms with van der Waals surface area (Å²) < 4.78 is 6.19. The Hall–Kier alpha value is -2.93. The number of nitrogens with one attached hydrogen (secondary N) is 2. The predicted molar refractivity (Wildman–Crippen MR) is 94.0 cm³/mol. The monoisotopic (exact) mass is 341 g/mol. The minimum Gasteiger partial charge on any atom is -0.462 e. The van der Waals surface area contributed by atoms with E-state index in [0.717, 1.165) is 10.2 Å². The maximum absolute atomic E-state index is 12.0. The molecule has 1 heterocycles. The third kappa shape index (κ3) is 3.52. The lowest BCUT2D eigenvalue weighted by Crippen LogP contribution is -2.25. The third-order valence-corrected chi connectivity index (χ3v) is 4.26. The van der Waals surface area contributed by atoms with Crippen molar-refractivity contribution in [3.05, 3.63) is 69.1 Å². The van der Waals surface area contributed by atoms with Crippen LogP contribution >= 0.6 is 11.3 Å². The number of aromatic nitrogens is 1. The molecule has 0 aliphatic carbocycles. The zero-order chi connectivity index (χ0) is 16.9. The molecule has 0 saturated carbocycles. The summed E-state index contributed by atoms with van der Waals surface area (Å²) >= 11 is 1.30. The molecule has 0 saturated heterocycles. The number of fused-ring (bicyclic) bond motifs is 1. The number of carbonyl (C=O) groups excluding carboxylic acids is 1. The Kier molecular flexibility index (Phi) is 4.72. The van der Waals surface area contributed by atoms with Gasteiger partial charge in [0.05, 0.1) is 28.1 Å². The fourth-order valence-corrected chi connectivity index (χ4v) is 2.89. The molecule has 0 unspecified atom stereocenters. The van der Waals surface area contributed by atoms with Gasteiger partial charge in [-0.2, -0.15) is 5.10 Å². The number of anilines is 1. The predicted octanol–water partition coefficient (Wildman–Crippen LogP) is 2.69. The van der Waals surface area contributed by atoms with E-state index in [4.69, 9.17) is 4.74 Å². The van der Waals surface area contributed by atoms with Gasteiger partial charge in [0.2, 0.25) is 4.67 Å². The Bertz CT molecular complexity index is 990. The van der Waals surface area contributed by atoms with E-state index in [1.54, 1.807) is 31.2 Å². The molecule has 0 atom stereocenters. The molecule has 6 nitrogen and oxygen atoms in total. The number of hydrogen-bond donors (Lipinski definition) is 2. The van der Waals surface area contributed by atoms with Crippen molar-refractivity contribution in [2.75, 3.05) is 12.0 Å². The first-order valence-electron chi connectivity index (χ1n) is 7.36. The molecule has 7 heteroatoms. The summed E-state index contributed by atoms with van der Waals surface area (Å²) in [4.78, 5) is 26.4. The van der Waals surface area contributed by atoms with Gasteiger partial charge in [-0.05, 0) is 43.3 Å². The van der Waals surface area contributed by atoms with Crippen molar-refractivity contribution < 1.29 is 9.53 Å². The van der Waals surface area contributed by atoms with Gasteiger partial charge in [-0.3, -0.25) is 10.2 Å². The molecule has 0 aliphatic rings. The van der Waals surface area contributed by atoms with Crippen LogP contribution in [-0.2, 0) is 4.74 Å². The summed E-state index contributed by atoms with van der Waals surface area (Å²) in [5.74, 6) is -0.366. The summed E-state index contributed by atoms with van der Waals surface area (Å²) in [7, 11) is 0. The molecule has 122 valence electrons. The second kappa shape index (κ2) is 7.10. The van der Waals surface area contributed by atoms with E-state index in [1.807, 2.05) is 24.3 Å². The highest BCUT2D eigenvalue weighted by atomic mass is 32.1. The van der Waals surface area contributed by atoms with E-state index in [0.29, 0.717) is 22.5 Å². The molecule has 0 amide bonds. The highest BCUT2D eigenvalue weighted by molar-refractivity contribution is 7.16. The fraction of sp³-hybridized carbons (Fsp3) is 0.118. The first-order chi connectivity index (χ1) is 11.7. The van der Waals surface area contributed by atoms with Gasteiger partial charge < -0.3 is 9.72 Å².